The third-order valence-electron chi connectivity index (χ3n) is 10.2. The number of aliphatic carboxylic acids is 1. The van der Waals surface area contributed by atoms with E-state index >= 15 is 0 Å². The van der Waals surface area contributed by atoms with Crippen molar-refractivity contribution in [2.75, 3.05) is 32.1 Å². The quantitative estimate of drug-likeness (QED) is 0.0205. The molecule has 324 valence electrons. The highest BCUT2D eigenvalue weighted by atomic mass is 32.1. The Kier molecular flexibility index (Phi) is 42.1. The first-order valence-corrected chi connectivity index (χ1v) is 23.3. The van der Waals surface area contributed by atoms with Crippen LogP contribution in [0.15, 0.2) is 0 Å². The van der Waals surface area contributed by atoms with E-state index in [0.29, 0.717) is 12.8 Å². The molecule has 0 aromatic rings. The fourth-order valence-electron chi connectivity index (χ4n) is 6.65. The van der Waals surface area contributed by atoms with Crippen molar-refractivity contribution in [3.8, 4) is 0 Å². The lowest BCUT2D eigenvalue weighted by Crippen LogP contribution is -2.32. The van der Waals surface area contributed by atoms with Crippen LogP contribution in [0.4, 0.5) is 0 Å². The molecule has 11 heteroatoms. The number of carboxylic acids is 1. The number of thiol groups is 1. The summed E-state index contributed by atoms with van der Waals surface area (Å²) >= 11 is 4.27. The van der Waals surface area contributed by atoms with Gasteiger partial charge in [0, 0.05) is 25.8 Å². The third kappa shape index (κ3) is 41.8. The van der Waals surface area contributed by atoms with Crippen molar-refractivity contribution in [1.82, 2.24) is 11.0 Å². The van der Waals surface area contributed by atoms with Crippen LogP contribution in [0, 0.1) is 5.92 Å². The first-order chi connectivity index (χ1) is 26.9. The molecule has 0 aliphatic carbocycles. The SMILES string of the molecule is CCCCCCCCCCCCCCCCCC(=O)[C@@H](CONOCCNC(=O)CCC(=O)O)COC(=O)CCCCCCCCCCCCCCCCS. The number of esters is 1. The summed E-state index contributed by atoms with van der Waals surface area (Å²) in [5, 5.41) is 11.2. The van der Waals surface area contributed by atoms with E-state index in [9.17, 15) is 19.2 Å². The first kappa shape index (κ1) is 53.3. The molecule has 0 aliphatic heterocycles. The summed E-state index contributed by atoms with van der Waals surface area (Å²) in [7, 11) is 0. The van der Waals surface area contributed by atoms with Crippen molar-refractivity contribution in [3.05, 3.63) is 0 Å². The van der Waals surface area contributed by atoms with E-state index in [2.05, 4.69) is 30.5 Å². The van der Waals surface area contributed by atoms with Gasteiger partial charge in [-0.1, -0.05) is 180 Å². The van der Waals surface area contributed by atoms with Crippen LogP contribution in [0.5, 0.6) is 0 Å². The van der Waals surface area contributed by atoms with Crippen LogP contribution < -0.4 is 11.0 Å². The number of rotatable bonds is 45. The maximum Gasteiger partial charge on any atom is 0.305 e. The number of amides is 1. The smallest absolute Gasteiger partial charge is 0.305 e. The Morgan fingerprint density at radius 3 is 1.42 bits per heavy atom. The molecule has 0 saturated carbocycles. The zero-order valence-electron chi connectivity index (χ0n) is 35.2. The molecular formula is C44H84N2O8S. The molecule has 0 bridgehead atoms. The van der Waals surface area contributed by atoms with E-state index < -0.39 is 11.9 Å². The van der Waals surface area contributed by atoms with Gasteiger partial charge in [0.2, 0.25) is 5.91 Å². The molecule has 0 heterocycles. The second-order valence-corrected chi connectivity index (χ2v) is 15.9. The summed E-state index contributed by atoms with van der Waals surface area (Å²) in [6, 6.07) is 0. The van der Waals surface area contributed by atoms with Crippen LogP contribution >= 0.6 is 12.6 Å². The monoisotopic (exact) mass is 801 g/mol. The van der Waals surface area contributed by atoms with Gasteiger partial charge in [0.15, 0.2) is 0 Å². The van der Waals surface area contributed by atoms with Gasteiger partial charge in [-0.25, -0.2) is 0 Å². The number of hydrogen-bond donors (Lipinski definition) is 4. The molecule has 0 radical (unpaired) electrons. The lowest BCUT2D eigenvalue weighted by atomic mass is 9.99. The minimum Gasteiger partial charge on any atom is -0.481 e. The number of Topliss-reactive ketones (excluding diaryl/α,β-unsaturated/α-hetero) is 1. The fraction of sp³-hybridized carbons (Fsp3) is 0.909. The lowest BCUT2D eigenvalue weighted by Gasteiger charge is -2.16. The molecule has 0 unspecified atom stereocenters. The number of ketones is 1. The second kappa shape index (κ2) is 43.4. The number of carboxylic acid groups (broad SMARTS) is 1. The molecule has 0 rings (SSSR count). The van der Waals surface area contributed by atoms with Crippen LogP contribution in [-0.2, 0) is 33.6 Å². The maximum absolute atomic E-state index is 13.1. The van der Waals surface area contributed by atoms with Crippen LogP contribution in [0.3, 0.4) is 0 Å². The molecule has 1 atom stereocenters. The van der Waals surface area contributed by atoms with Crippen LogP contribution in [0.2, 0.25) is 0 Å². The van der Waals surface area contributed by atoms with Gasteiger partial charge in [-0.05, 0) is 25.0 Å². The number of unbranched alkanes of at least 4 members (excludes halogenated alkanes) is 27. The Morgan fingerprint density at radius 2 is 0.964 bits per heavy atom. The molecule has 10 nitrogen and oxygen atoms in total. The van der Waals surface area contributed by atoms with Crippen molar-refractivity contribution in [1.29, 1.82) is 0 Å². The van der Waals surface area contributed by atoms with Gasteiger partial charge in [0.05, 0.1) is 25.6 Å². The van der Waals surface area contributed by atoms with E-state index in [0.717, 1.165) is 44.3 Å². The van der Waals surface area contributed by atoms with E-state index in [1.54, 1.807) is 0 Å². The maximum atomic E-state index is 13.1. The van der Waals surface area contributed by atoms with Crippen molar-refractivity contribution >= 4 is 36.3 Å². The molecular weight excluding hydrogens is 717 g/mol. The number of ether oxygens (including phenoxy) is 1. The highest BCUT2D eigenvalue weighted by molar-refractivity contribution is 7.80. The predicted molar refractivity (Wildman–Crippen MR) is 227 cm³/mol. The molecule has 3 N–H and O–H groups in total. The summed E-state index contributed by atoms with van der Waals surface area (Å²) in [4.78, 5) is 58.4. The summed E-state index contributed by atoms with van der Waals surface area (Å²) in [6.07, 6.45) is 36.7. The average Bonchev–Trinajstić information content (AvgIpc) is 3.17. The first-order valence-electron chi connectivity index (χ1n) is 22.7. The van der Waals surface area contributed by atoms with Gasteiger partial charge in [-0.2, -0.15) is 12.6 Å². The van der Waals surface area contributed by atoms with E-state index in [1.165, 1.54) is 148 Å². The number of nitrogens with one attached hydrogen (secondary N) is 2. The van der Waals surface area contributed by atoms with E-state index in [1.807, 2.05) is 0 Å². The standard InChI is InChI=1S/C44H84N2O8S/c1-2-3-4-5-6-7-8-9-10-13-16-19-22-25-28-31-41(47)40(39-54-46-53-36-35-45-42(48)33-34-43(49)50)38-52-44(51)32-29-26-23-20-17-14-11-12-15-18-21-24-27-30-37-55/h40,46,55H,2-39H2,1H3,(H,45,48)(H,49,50)/t40-/m1/s1. The topological polar surface area (TPSA) is 140 Å². The van der Waals surface area contributed by atoms with Crippen molar-refractivity contribution in [2.45, 2.75) is 219 Å². The van der Waals surface area contributed by atoms with E-state index in [-0.39, 0.29) is 56.9 Å². The summed E-state index contributed by atoms with van der Waals surface area (Å²) in [6.45, 7) is 2.49. The van der Waals surface area contributed by atoms with Gasteiger partial charge in [-0.15, -0.1) is 0 Å². The molecule has 0 spiro atoms. The second-order valence-electron chi connectivity index (χ2n) is 15.5. The highest BCUT2D eigenvalue weighted by Gasteiger charge is 2.21. The largest absolute Gasteiger partial charge is 0.481 e. The van der Waals surface area contributed by atoms with Crippen molar-refractivity contribution in [3.63, 3.8) is 0 Å². The Hall–Kier alpha value is -1.69. The van der Waals surface area contributed by atoms with Crippen LogP contribution in [0.1, 0.15) is 219 Å². The lowest BCUT2D eigenvalue weighted by molar-refractivity contribution is -0.182. The number of carbonyl (C=O) groups is 4. The Balaban J connectivity index is 4.22. The van der Waals surface area contributed by atoms with Gasteiger partial charge < -0.3 is 15.2 Å². The summed E-state index contributed by atoms with van der Waals surface area (Å²) in [5.41, 5.74) is 2.35. The summed E-state index contributed by atoms with van der Waals surface area (Å²) < 4.78 is 5.53. The minimum absolute atomic E-state index is 0.00770. The van der Waals surface area contributed by atoms with Gasteiger partial charge in [0.25, 0.3) is 0 Å². The van der Waals surface area contributed by atoms with Gasteiger partial charge in [0.1, 0.15) is 12.4 Å². The molecule has 0 saturated heterocycles. The Morgan fingerprint density at radius 1 is 0.527 bits per heavy atom. The molecule has 0 aromatic carbocycles. The Bertz CT molecular complexity index is 894. The number of carbonyl (C=O) groups excluding carboxylic acids is 3. The molecule has 0 aromatic heterocycles. The highest BCUT2D eigenvalue weighted by Crippen LogP contribution is 2.16. The zero-order chi connectivity index (χ0) is 40.3. The summed E-state index contributed by atoms with van der Waals surface area (Å²) in [5.74, 6) is -1.26. The minimum atomic E-state index is -1.03. The fourth-order valence-corrected chi connectivity index (χ4v) is 6.87. The third-order valence-corrected chi connectivity index (χ3v) is 10.5. The average molecular weight is 801 g/mol. The van der Waals surface area contributed by atoms with E-state index in [4.69, 9.17) is 19.5 Å². The molecule has 1 amide bonds. The Labute approximate surface area is 341 Å². The zero-order valence-corrected chi connectivity index (χ0v) is 36.1. The van der Waals surface area contributed by atoms with Gasteiger partial charge in [-0.3, -0.25) is 28.9 Å². The molecule has 0 aliphatic rings. The van der Waals surface area contributed by atoms with Crippen LogP contribution in [0.25, 0.3) is 0 Å². The number of hydrogen-bond acceptors (Lipinski definition) is 9. The predicted octanol–water partition coefficient (Wildman–Crippen LogP) is 11.2. The van der Waals surface area contributed by atoms with Crippen molar-refractivity contribution in [2.24, 2.45) is 5.92 Å². The van der Waals surface area contributed by atoms with Crippen molar-refractivity contribution < 1.29 is 38.7 Å². The van der Waals surface area contributed by atoms with Gasteiger partial charge >= 0.3 is 11.9 Å². The molecule has 0 fully saturated rings. The molecule has 55 heavy (non-hydrogen) atoms. The van der Waals surface area contributed by atoms with Crippen LogP contribution in [-0.4, -0.2) is 60.9 Å². The normalized spacial score (nSPS) is 11.8.